The largest absolute Gasteiger partial charge is 0.381 e. The highest BCUT2D eigenvalue weighted by Crippen LogP contribution is 2.20. The van der Waals surface area contributed by atoms with E-state index in [0.717, 1.165) is 26.1 Å². The minimum Gasteiger partial charge on any atom is -0.381 e. The lowest BCUT2D eigenvalue weighted by molar-refractivity contribution is -0.124. The van der Waals surface area contributed by atoms with Gasteiger partial charge in [0.2, 0.25) is 5.91 Å². The molecule has 0 aliphatic carbocycles. The summed E-state index contributed by atoms with van der Waals surface area (Å²) in [5.74, 6) is 0.525. The summed E-state index contributed by atoms with van der Waals surface area (Å²) in [4.78, 5) is 11.3. The van der Waals surface area contributed by atoms with Crippen molar-refractivity contribution in [3.05, 3.63) is 0 Å². The normalized spacial score (nSPS) is 24.3. The van der Waals surface area contributed by atoms with Gasteiger partial charge in [-0.15, -0.1) is 0 Å². The van der Waals surface area contributed by atoms with Crippen molar-refractivity contribution >= 4 is 5.91 Å². The van der Waals surface area contributed by atoms with Crippen molar-refractivity contribution in [2.24, 2.45) is 17.6 Å². The van der Waals surface area contributed by atoms with E-state index >= 15 is 0 Å². The average Bonchev–Trinajstić information content (AvgIpc) is 2.65. The molecule has 0 radical (unpaired) electrons. The van der Waals surface area contributed by atoms with E-state index in [1.165, 1.54) is 0 Å². The minimum absolute atomic E-state index is 0.0447. The first-order chi connectivity index (χ1) is 6.27. The number of nitrogens with one attached hydrogen (secondary N) is 1. The molecule has 0 saturated carbocycles. The van der Waals surface area contributed by atoms with Crippen LogP contribution in [-0.2, 0) is 9.53 Å². The molecular weight excluding hydrogens is 168 g/mol. The summed E-state index contributed by atoms with van der Waals surface area (Å²) in [6.45, 7) is 2.04. The Bertz CT molecular complexity index is 167. The fraction of sp³-hybridized carbons (Fsp3) is 0.889. The van der Waals surface area contributed by atoms with Gasteiger partial charge in [-0.2, -0.15) is 0 Å². The number of rotatable bonds is 4. The van der Waals surface area contributed by atoms with Gasteiger partial charge in [0.05, 0.1) is 5.92 Å². The molecule has 2 unspecified atom stereocenters. The molecule has 0 aromatic carbocycles. The number of nitrogens with two attached hydrogens (primary N) is 1. The number of amides is 1. The second kappa shape index (κ2) is 5.19. The molecule has 1 rings (SSSR count). The smallest absolute Gasteiger partial charge is 0.224 e. The Labute approximate surface area is 78.8 Å². The Balaban J connectivity index is 2.33. The van der Waals surface area contributed by atoms with Gasteiger partial charge >= 0.3 is 0 Å². The molecule has 76 valence electrons. The van der Waals surface area contributed by atoms with Crippen LogP contribution in [0, 0.1) is 11.8 Å². The van der Waals surface area contributed by atoms with Crippen LogP contribution in [0.1, 0.15) is 12.8 Å². The van der Waals surface area contributed by atoms with Crippen LogP contribution in [0.15, 0.2) is 0 Å². The third kappa shape index (κ3) is 2.97. The SMILES string of the molecule is CNC(=O)C(CN)CC1CCOC1. The van der Waals surface area contributed by atoms with E-state index in [1.807, 2.05) is 0 Å². The summed E-state index contributed by atoms with van der Waals surface area (Å²) < 4.78 is 5.24. The molecule has 0 spiro atoms. The second-order valence-electron chi connectivity index (χ2n) is 3.51. The molecule has 0 aromatic rings. The van der Waals surface area contributed by atoms with Gasteiger partial charge in [0.25, 0.3) is 0 Å². The van der Waals surface area contributed by atoms with Crippen LogP contribution in [0.4, 0.5) is 0 Å². The van der Waals surface area contributed by atoms with Gasteiger partial charge < -0.3 is 15.8 Å². The van der Waals surface area contributed by atoms with Gasteiger partial charge in [-0.05, 0) is 18.8 Å². The van der Waals surface area contributed by atoms with E-state index in [-0.39, 0.29) is 11.8 Å². The summed E-state index contributed by atoms with van der Waals surface area (Å²) in [6, 6.07) is 0. The summed E-state index contributed by atoms with van der Waals surface area (Å²) in [7, 11) is 1.65. The van der Waals surface area contributed by atoms with Gasteiger partial charge in [-0.1, -0.05) is 0 Å². The van der Waals surface area contributed by atoms with Crippen LogP contribution in [0.25, 0.3) is 0 Å². The summed E-state index contributed by atoms with van der Waals surface area (Å²) in [5, 5.41) is 2.63. The van der Waals surface area contributed by atoms with Gasteiger partial charge in [0.1, 0.15) is 0 Å². The van der Waals surface area contributed by atoms with Crippen LogP contribution >= 0.6 is 0 Å². The monoisotopic (exact) mass is 186 g/mol. The number of carbonyl (C=O) groups excluding carboxylic acids is 1. The van der Waals surface area contributed by atoms with Crippen molar-refractivity contribution in [2.45, 2.75) is 12.8 Å². The third-order valence-corrected chi connectivity index (χ3v) is 2.54. The number of hydrogen-bond acceptors (Lipinski definition) is 3. The first-order valence-corrected chi connectivity index (χ1v) is 4.77. The van der Waals surface area contributed by atoms with E-state index in [1.54, 1.807) is 7.05 Å². The highest BCUT2D eigenvalue weighted by Gasteiger charge is 2.23. The maximum atomic E-state index is 11.3. The molecule has 1 aliphatic rings. The molecule has 1 heterocycles. The lowest BCUT2D eigenvalue weighted by Gasteiger charge is -2.16. The lowest BCUT2D eigenvalue weighted by Crippen LogP contribution is -2.34. The molecule has 0 bridgehead atoms. The van der Waals surface area contributed by atoms with Gasteiger partial charge in [0, 0.05) is 26.8 Å². The topological polar surface area (TPSA) is 64.4 Å². The highest BCUT2D eigenvalue weighted by molar-refractivity contribution is 5.78. The molecule has 1 saturated heterocycles. The molecule has 1 amide bonds. The minimum atomic E-state index is -0.0447. The van der Waals surface area contributed by atoms with Gasteiger partial charge in [-0.3, -0.25) is 4.79 Å². The molecule has 4 nitrogen and oxygen atoms in total. The number of carbonyl (C=O) groups is 1. The number of ether oxygens (including phenoxy) is 1. The Morgan fingerprint density at radius 1 is 1.77 bits per heavy atom. The Morgan fingerprint density at radius 3 is 3.00 bits per heavy atom. The van der Waals surface area contributed by atoms with E-state index < -0.39 is 0 Å². The van der Waals surface area contributed by atoms with Crippen LogP contribution in [-0.4, -0.2) is 32.7 Å². The summed E-state index contributed by atoms with van der Waals surface area (Å²) in [6.07, 6.45) is 1.92. The fourth-order valence-corrected chi connectivity index (χ4v) is 1.69. The molecule has 2 atom stereocenters. The molecule has 1 aliphatic heterocycles. The summed E-state index contributed by atoms with van der Waals surface area (Å²) in [5.41, 5.74) is 5.53. The maximum absolute atomic E-state index is 11.3. The van der Waals surface area contributed by atoms with Crippen molar-refractivity contribution in [3.63, 3.8) is 0 Å². The van der Waals surface area contributed by atoms with Crippen molar-refractivity contribution in [1.29, 1.82) is 0 Å². The molecule has 1 fully saturated rings. The van der Waals surface area contributed by atoms with E-state index in [0.29, 0.717) is 12.5 Å². The van der Waals surface area contributed by atoms with Crippen molar-refractivity contribution in [3.8, 4) is 0 Å². The Hall–Kier alpha value is -0.610. The number of hydrogen-bond donors (Lipinski definition) is 2. The van der Waals surface area contributed by atoms with E-state index in [2.05, 4.69) is 5.32 Å². The molecule has 4 heteroatoms. The lowest BCUT2D eigenvalue weighted by atomic mass is 9.93. The third-order valence-electron chi connectivity index (χ3n) is 2.54. The second-order valence-corrected chi connectivity index (χ2v) is 3.51. The van der Waals surface area contributed by atoms with E-state index in [4.69, 9.17) is 10.5 Å². The zero-order chi connectivity index (χ0) is 9.68. The molecule has 3 N–H and O–H groups in total. The summed E-state index contributed by atoms with van der Waals surface area (Å²) >= 11 is 0. The first-order valence-electron chi connectivity index (χ1n) is 4.77. The predicted octanol–water partition coefficient (Wildman–Crippen LogP) is -0.266. The quantitative estimate of drug-likeness (QED) is 0.635. The average molecular weight is 186 g/mol. The standard InChI is InChI=1S/C9H18N2O2/c1-11-9(12)8(5-10)4-7-2-3-13-6-7/h7-8H,2-6,10H2,1H3,(H,11,12). The van der Waals surface area contributed by atoms with Crippen molar-refractivity contribution < 1.29 is 9.53 Å². The highest BCUT2D eigenvalue weighted by atomic mass is 16.5. The van der Waals surface area contributed by atoms with Crippen LogP contribution in [0.3, 0.4) is 0 Å². The van der Waals surface area contributed by atoms with Crippen LogP contribution in [0.2, 0.25) is 0 Å². The van der Waals surface area contributed by atoms with Crippen LogP contribution < -0.4 is 11.1 Å². The Kier molecular flexibility index (Phi) is 4.18. The predicted molar refractivity (Wildman–Crippen MR) is 50.2 cm³/mol. The maximum Gasteiger partial charge on any atom is 0.224 e. The van der Waals surface area contributed by atoms with Crippen LogP contribution in [0.5, 0.6) is 0 Å². The van der Waals surface area contributed by atoms with Crippen molar-refractivity contribution in [1.82, 2.24) is 5.32 Å². The van der Waals surface area contributed by atoms with Gasteiger partial charge in [-0.25, -0.2) is 0 Å². The zero-order valence-corrected chi connectivity index (χ0v) is 8.08. The van der Waals surface area contributed by atoms with Gasteiger partial charge in [0.15, 0.2) is 0 Å². The zero-order valence-electron chi connectivity index (χ0n) is 8.08. The fourth-order valence-electron chi connectivity index (χ4n) is 1.69. The molecule has 0 aromatic heterocycles. The van der Waals surface area contributed by atoms with Crippen molar-refractivity contribution in [2.75, 3.05) is 26.8 Å². The Morgan fingerprint density at radius 2 is 2.54 bits per heavy atom. The van der Waals surface area contributed by atoms with E-state index in [9.17, 15) is 4.79 Å². The molecular formula is C9H18N2O2. The first kappa shape index (κ1) is 10.5. The molecule has 13 heavy (non-hydrogen) atoms.